The lowest BCUT2D eigenvalue weighted by Gasteiger charge is -2.33. The molecule has 3 aromatic carbocycles. The minimum Gasteiger partial charge on any atom is -0.468 e. The number of ether oxygens (including phenoxy) is 2. The molecule has 38 heavy (non-hydrogen) atoms. The van der Waals surface area contributed by atoms with Crippen molar-refractivity contribution in [3.63, 3.8) is 0 Å². The third kappa shape index (κ3) is 7.39. The predicted molar refractivity (Wildman–Crippen MR) is 150 cm³/mol. The molecule has 0 spiro atoms. The monoisotopic (exact) mass is 517 g/mol. The van der Waals surface area contributed by atoms with Crippen LogP contribution in [0, 0.1) is 12.7 Å². The molecule has 0 amide bonds. The van der Waals surface area contributed by atoms with E-state index in [1.54, 1.807) is 19.1 Å². The Balaban J connectivity index is 1.82. The fourth-order valence-electron chi connectivity index (χ4n) is 4.67. The van der Waals surface area contributed by atoms with E-state index in [9.17, 15) is 9.59 Å². The second kappa shape index (κ2) is 13.7. The maximum atomic E-state index is 15.2. The molecular formula is C32H36FNO4. The number of benzene rings is 3. The highest BCUT2D eigenvalue weighted by Gasteiger charge is 2.34. The lowest BCUT2D eigenvalue weighted by atomic mass is 9.96. The van der Waals surface area contributed by atoms with Gasteiger partial charge in [-0.15, -0.1) is 0 Å². The van der Waals surface area contributed by atoms with Gasteiger partial charge in [0.25, 0.3) is 0 Å². The SMILES string of the molecule is CCCN(Cc1ccc(/C=C/c2cccc(-c3ccccc3)c2C)c(F)c1)C(C(=O)OC)C(C)OC(C)=O. The van der Waals surface area contributed by atoms with Crippen LogP contribution in [-0.2, 0) is 25.6 Å². The predicted octanol–water partition coefficient (Wildman–Crippen LogP) is 6.68. The maximum Gasteiger partial charge on any atom is 0.326 e. The van der Waals surface area contributed by atoms with Gasteiger partial charge in [-0.25, -0.2) is 4.39 Å². The first-order valence-electron chi connectivity index (χ1n) is 12.9. The molecule has 0 aliphatic rings. The third-order valence-corrected chi connectivity index (χ3v) is 6.50. The van der Waals surface area contributed by atoms with Gasteiger partial charge in [0.15, 0.2) is 0 Å². The zero-order valence-electron chi connectivity index (χ0n) is 22.7. The van der Waals surface area contributed by atoms with Crippen molar-refractivity contribution in [1.29, 1.82) is 0 Å². The fraction of sp³-hybridized carbons (Fsp3) is 0.312. The van der Waals surface area contributed by atoms with E-state index in [1.165, 1.54) is 20.1 Å². The Morgan fingerprint density at radius 1 is 1.00 bits per heavy atom. The largest absolute Gasteiger partial charge is 0.468 e. The number of methoxy groups -OCH3 is 1. The molecule has 0 saturated carbocycles. The first kappa shape index (κ1) is 28.8. The van der Waals surface area contributed by atoms with E-state index >= 15 is 4.39 Å². The van der Waals surface area contributed by atoms with Crippen LogP contribution in [0.25, 0.3) is 23.3 Å². The third-order valence-electron chi connectivity index (χ3n) is 6.50. The molecule has 3 rings (SSSR count). The van der Waals surface area contributed by atoms with Gasteiger partial charge in [0.2, 0.25) is 0 Å². The standard InChI is InChI=1S/C32H36FNO4/c1-6-19-34(31(32(36)37-5)23(3)38-24(4)35)21-25-15-16-28(30(33)20-25)18-17-26-13-10-14-29(22(26)2)27-11-8-7-9-12-27/h7-18,20,23,31H,6,19,21H2,1-5H3/b18-17+. The zero-order valence-corrected chi connectivity index (χ0v) is 22.7. The van der Waals surface area contributed by atoms with Gasteiger partial charge in [-0.1, -0.05) is 79.7 Å². The van der Waals surface area contributed by atoms with Crippen LogP contribution in [0.15, 0.2) is 66.7 Å². The molecule has 6 heteroatoms. The quantitative estimate of drug-likeness (QED) is 0.210. The summed E-state index contributed by atoms with van der Waals surface area (Å²) in [5, 5.41) is 0. The summed E-state index contributed by atoms with van der Waals surface area (Å²) in [6.45, 7) is 7.87. The first-order valence-corrected chi connectivity index (χ1v) is 12.9. The highest BCUT2D eigenvalue weighted by Crippen LogP contribution is 2.27. The summed E-state index contributed by atoms with van der Waals surface area (Å²) in [5.74, 6) is -1.33. The van der Waals surface area contributed by atoms with Crippen molar-refractivity contribution in [2.24, 2.45) is 0 Å². The molecule has 2 atom stereocenters. The van der Waals surface area contributed by atoms with Crippen molar-refractivity contribution in [2.45, 2.75) is 52.8 Å². The van der Waals surface area contributed by atoms with E-state index in [-0.39, 0.29) is 5.82 Å². The van der Waals surface area contributed by atoms with Gasteiger partial charge < -0.3 is 9.47 Å². The zero-order chi connectivity index (χ0) is 27.7. The van der Waals surface area contributed by atoms with Crippen molar-refractivity contribution >= 4 is 24.1 Å². The van der Waals surface area contributed by atoms with Gasteiger partial charge >= 0.3 is 11.9 Å². The molecule has 0 aliphatic heterocycles. The first-order chi connectivity index (χ1) is 18.2. The molecule has 3 aromatic rings. The van der Waals surface area contributed by atoms with Crippen LogP contribution in [0.3, 0.4) is 0 Å². The smallest absolute Gasteiger partial charge is 0.326 e. The second-order valence-electron chi connectivity index (χ2n) is 9.33. The number of halogens is 1. The van der Waals surface area contributed by atoms with Crippen LogP contribution in [-0.4, -0.2) is 42.6 Å². The van der Waals surface area contributed by atoms with Gasteiger partial charge in [-0.3, -0.25) is 14.5 Å². The summed E-state index contributed by atoms with van der Waals surface area (Å²) in [5.41, 5.74) is 5.60. The maximum absolute atomic E-state index is 15.2. The number of rotatable bonds is 11. The van der Waals surface area contributed by atoms with E-state index in [1.807, 2.05) is 54.3 Å². The molecule has 0 fully saturated rings. The van der Waals surface area contributed by atoms with E-state index in [4.69, 9.17) is 9.47 Å². The number of hydrogen-bond donors (Lipinski definition) is 0. The molecule has 0 radical (unpaired) electrons. The Morgan fingerprint density at radius 2 is 1.71 bits per heavy atom. The molecule has 0 saturated heterocycles. The minimum absolute atomic E-state index is 0.304. The molecule has 0 heterocycles. The lowest BCUT2D eigenvalue weighted by molar-refractivity contribution is -0.160. The Morgan fingerprint density at radius 3 is 2.34 bits per heavy atom. The second-order valence-corrected chi connectivity index (χ2v) is 9.33. The summed E-state index contributed by atoms with van der Waals surface area (Å²) in [6.07, 6.45) is 3.75. The van der Waals surface area contributed by atoms with E-state index in [0.717, 1.165) is 28.7 Å². The summed E-state index contributed by atoms with van der Waals surface area (Å²) >= 11 is 0. The fourth-order valence-corrected chi connectivity index (χ4v) is 4.67. The van der Waals surface area contributed by atoms with E-state index < -0.39 is 24.1 Å². The van der Waals surface area contributed by atoms with Gasteiger partial charge in [-0.05, 0) is 60.7 Å². The Hall–Kier alpha value is -3.77. The highest BCUT2D eigenvalue weighted by molar-refractivity contribution is 5.78. The number of carbonyl (C=O) groups excluding carboxylic acids is 2. The van der Waals surface area contributed by atoms with E-state index in [2.05, 4.69) is 25.1 Å². The van der Waals surface area contributed by atoms with Crippen molar-refractivity contribution < 1.29 is 23.5 Å². The molecule has 5 nitrogen and oxygen atoms in total. The highest BCUT2D eigenvalue weighted by atomic mass is 19.1. The molecule has 200 valence electrons. The summed E-state index contributed by atoms with van der Waals surface area (Å²) < 4.78 is 25.4. The van der Waals surface area contributed by atoms with Crippen molar-refractivity contribution in [1.82, 2.24) is 4.90 Å². The Labute approximate surface area is 224 Å². The normalized spacial score (nSPS) is 12.9. The number of hydrogen-bond acceptors (Lipinski definition) is 5. The molecule has 0 N–H and O–H groups in total. The molecule has 0 aromatic heterocycles. The average Bonchev–Trinajstić information content (AvgIpc) is 2.89. The molecule has 0 aliphatic carbocycles. The molecule has 0 bridgehead atoms. The van der Waals surface area contributed by atoms with Crippen LogP contribution in [0.1, 0.15) is 49.4 Å². The summed E-state index contributed by atoms with van der Waals surface area (Å²) in [7, 11) is 1.30. The van der Waals surface area contributed by atoms with Gasteiger partial charge in [-0.2, -0.15) is 0 Å². The molecular weight excluding hydrogens is 481 g/mol. The Kier molecular flexibility index (Phi) is 10.4. The summed E-state index contributed by atoms with van der Waals surface area (Å²) in [4.78, 5) is 26.0. The lowest BCUT2D eigenvalue weighted by Crippen LogP contribution is -2.49. The van der Waals surface area contributed by atoms with Crippen LogP contribution < -0.4 is 0 Å². The Bertz CT molecular complexity index is 1270. The summed E-state index contributed by atoms with van der Waals surface area (Å²) in [6, 6.07) is 20.6. The van der Waals surface area contributed by atoms with Crippen LogP contribution in [0.5, 0.6) is 0 Å². The van der Waals surface area contributed by atoms with Gasteiger partial charge in [0.1, 0.15) is 18.0 Å². The van der Waals surface area contributed by atoms with Crippen LogP contribution >= 0.6 is 0 Å². The van der Waals surface area contributed by atoms with Crippen molar-refractivity contribution in [2.75, 3.05) is 13.7 Å². The minimum atomic E-state index is -0.800. The number of nitrogens with zero attached hydrogens (tertiary/aromatic N) is 1. The van der Waals surface area contributed by atoms with Gasteiger partial charge in [0.05, 0.1) is 7.11 Å². The van der Waals surface area contributed by atoms with Gasteiger partial charge in [0, 0.05) is 19.0 Å². The number of carbonyl (C=O) groups is 2. The van der Waals surface area contributed by atoms with E-state index in [0.29, 0.717) is 24.2 Å². The average molecular weight is 518 g/mol. The molecule has 2 unspecified atom stereocenters. The van der Waals surface area contributed by atoms with Crippen molar-refractivity contribution in [3.05, 3.63) is 94.8 Å². The van der Waals surface area contributed by atoms with Crippen LogP contribution in [0.4, 0.5) is 4.39 Å². The van der Waals surface area contributed by atoms with Crippen molar-refractivity contribution in [3.8, 4) is 11.1 Å². The number of esters is 2. The van der Waals surface area contributed by atoms with Crippen LogP contribution in [0.2, 0.25) is 0 Å². The topological polar surface area (TPSA) is 55.8 Å².